The first-order valence-electron chi connectivity index (χ1n) is 10.1. The number of carboxylic acids is 1. The molecule has 2 atom stereocenters. The third-order valence-electron chi connectivity index (χ3n) is 5.05. The van der Waals surface area contributed by atoms with Crippen LogP contribution < -0.4 is 5.32 Å². The van der Waals surface area contributed by atoms with E-state index in [9.17, 15) is 4.79 Å². The Kier molecular flexibility index (Phi) is 7.51. The highest BCUT2D eigenvalue weighted by atomic mass is 16.5. The summed E-state index contributed by atoms with van der Waals surface area (Å²) in [4.78, 5) is 20.2. The van der Waals surface area contributed by atoms with Crippen LogP contribution in [0.15, 0.2) is 66.9 Å². The number of anilines is 1. The SMILES string of the molecule is CCC(CC(=O)O)c1cccc(C(OC)c2ccc(CNc3ccccn3)cc2)n1. The van der Waals surface area contributed by atoms with Crippen LogP contribution in [0.3, 0.4) is 0 Å². The average molecular weight is 405 g/mol. The zero-order valence-corrected chi connectivity index (χ0v) is 17.3. The van der Waals surface area contributed by atoms with Gasteiger partial charge in [0.15, 0.2) is 0 Å². The second-order valence-electron chi connectivity index (χ2n) is 7.12. The number of rotatable bonds is 10. The van der Waals surface area contributed by atoms with Crippen LogP contribution in [0.2, 0.25) is 0 Å². The van der Waals surface area contributed by atoms with Crippen molar-refractivity contribution in [1.82, 2.24) is 9.97 Å². The van der Waals surface area contributed by atoms with E-state index in [1.807, 2.05) is 55.5 Å². The van der Waals surface area contributed by atoms with E-state index in [1.165, 1.54) is 0 Å². The Morgan fingerprint density at radius 3 is 2.47 bits per heavy atom. The first-order chi connectivity index (χ1) is 14.6. The molecule has 0 saturated carbocycles. The predicted molar refractivity (Wildman–Crippen MR) is 116 cm³/mol. The Morgan fingerprint density at radius 2 is 1.83 bits per heavy atom. The fraction of sp³-hybridized carbons (Fsp3) is 0.292. The van der Waals surface area contributed by atoms with E-state index in [2.05, 4.69) is 22.4 Å². The number of ether oxygens (including phenoxy) is 1. The predicted octanol–water partition coefficient (Wildman–Crippen LogP) is 4.79. The molecule has 2 aromatic heterocycles. The summed E-state index contributed by atoms with van der Waals surface area (Å²) in [5.41, 5.74) is 3.69. The van der Waals surface area contributed by atoms with Crippen molar-refractivity contribution in [3.63, 3.8) is 0 Å². The number of methoxy groups -OCH3 is 1. The minimum atomic E-state index is -0.813. The van der Waals surface area contributed by atoms with E-state index in [0.717, 1.165) is 34.8 Å². The molecule has 6 heteroatoms. The number of nitrogens with one attached hydrogen (secondary N) is 1. The normalized spacial score (nSPS) is 12.9. The van der Waals surface area contributed by atoms with E-state index in [0.29, 0.717) is 6.54 Å². The van der Waals surface area contributed by atoms with Crippen LogP contribution in [0, 0.1) is 0 Å². The van der Waals surface area contributed by atoms with Gasteiger partial charge in [-0.1, -0.05) is 43.3 Å². The van der Waals surface area contributed by atoms with Gasteiger partial charge in [0.2, 0.25) is 0 Å². The van der Waals surface area contributed by atoms with Gasteiger partial charge in [-0.2, -0.15) is 0 Å². The maximum Gasteiger partial charge on any atom is 0.304 e. The Bertz CT molecular complexity index is 945. The van der Waals surface area contributed by atoms with Gasteiger partial charge in [0.25, 0.3) is 0 Å². The lowest BCUT2D eigenvalue weighted by atomic mass is 9.96. The van der Waals surface area contributed by atoms with Gasteiger partial charge < -0.3 is 15.2 Å². The van der Waals surface area contributed by atoms with Crippen molar-refractivity contribution in [2.24, 2.45) is 0 Å². The van der Waals surface area contributed by atoms with Crippen molar-refractivity contribution in [3.8, 4) is 0 Å². The molecular weight excluding hydrogens is 378 g/mol. The van der Waals surface area contributed by atoms with Crippen LogP contribution in [0.5, 0.6) is 0 Å². The van der Waals surface area contributed by atoms with Gasteiger partial charge in [0.1, 0.15) is 11.9 Å². The highest BCUT2D eigenvalue weighted by Gasteiger charge is 2.19. The van der Waals surface area contributed by atoms with Gasteiger partial charge >= 0.3 is 5.97 Å². The van der Waals surface area contributed by atoms with Gasteiger partial charge in [0, 0.05) is 31.5 Å². The first-order valence-corrected chi connectivity index (χ1v) is 10.1. The van der Waals surface area contributed by atoms with E-state index in [1.54, 1.807) is 13.3 Å². The third kappa shape index (κ3) is 5.64. The molecule has 2 N–H and O–H groups in total. The van der Waals surface area contributed by atoms with Crippen molar-refractivity contribution < 1.29 is 14.6 Å². The number of aromatic nitrogens is 2. The molecule has 2 heterocycles. The number of nitrogens with zero attached hydrogens (tertiary/aromatic N) is 2. The molecule has 156 valence electrons. The van der Waals surface area contributed by atoms with Gasteiger partial charge in [0.05, 0.1) is 12.1 Å². The number of benzene rings is 1. The summed E-state index contributed by atoms with van der Waals surface area (Å²) >= 11 is 0. The zero-order valence-electron chi connectivity index (χ0n) is 17.3. The smallest absolute Gasteiger partial charge is 0.304 e. The summed E-state index contributed by atoms with van der Waals surface area (Å²) in [5.74, 6) is -0.0866. The number of aliphatic carboxylic acids is 1. The van der Waals surface area contributed by atoms with Crippen molar-refractivity contribution >= 4 is 11.8 Å². The fourth-order valence-electron chi connectivity index (χ4n) is 3.41. The van der Waals surface area contributed by atoms with Crippen LogP contribution >= 0.6 is 0 Å². The second kappa shape index (κ2) is 10.5. The van der Waals surface area contributed by atoms with Crippen LogP contribution in [-0.4, -0.2) is 28.2 Å². The summed E-state index contributed by atoms with van der Waals surface area (Å²) in [6.07, 6.45) is 2.24. The van der Waals surface area contributed by atoms with Crippen LogP contribution in [0.25, 0.3) is 0 Å². The molecule has 0 amide bonds. The van der Waals surface area contributed by atoms with Crippen LogP contribution in [0.1, 0.15) is 54.3 Å². The molecule has 0 fully saturated rings. The molecule has 0 bridgehead atoms. The Labute approximate surface area is 177 Å². The lowest BCUT2D eigenvalue weighted by Gasteiger charge is -2.19. The molecule has 0 aliphatic rings. The molecule has 0 aliphatic carbocycles. The zero-order chi connectivity index (χ0) is 21.3. The molecule has 0 aliphatic heterocycles. The molecule has 30 heavy (non-hydrogen) atoms. The van der Waals surface area contributed by atoms with E-state index in [-0.39, 0.29) is 18.4 Å². The number of hydrogen-bond acceptors (Lipinski definition) is 5. The molecule has 3 rings (SSSR count). The monoisotopic (exact) mass is 405 g/mol. The molecule has 0 saturated heterocycles. The lowest BCUT2D eigenvalue weighted by Crippen LogP contribution is -2.11. The third-order valence-corrected chi connectivity index (χ3v) is 5.05. The second-order valence-corrected chi connectivity index (χ2v) is 7.12. The maximum absolute atomic E-state index is 11.2. The summed E-state index contributed by atoms with van der Waals surface area (Å²) < 4.78 is 5.74. The molecular formula is C24H27N3O3. The summed E-state index contributed by atoms with van der Waals surface area (Å²) in [6, 6.07) is 19.7. The molecule has 3 aromatic rings. The van der Waals surface area contributed by atoms with Crippen molar-refractivity contribution in [3.05, 3.63) is 89.4 Å². The molecule has 0 radical (unpaired) electrons. The molecule has 2 unspecified atom stereocenters. The van der Waals surface area contributed by atoms with Crippen molar-refractivity contribution in [2.45, 2.75) is 38.3 Å². The number of carboxylic acid groups (broad SMARTS) is 1. The Hall–Kier alpha value is -3.25. The highest BCUT2D eigenvalue weighted by Crippen LogP contribution is 2.28. The summed E-state index contributed by atoms with van der Waals surface area (Å²) in [7, 11) is 1.66. The van der Waals surface area contributed by atoms with Gasteiger partial charge in [-0.3, -0.25) is 9.78 Å². The largest absolute Gasteiger partial charge is 0.481 e. The highest BCUT2D eigenvalue weighted by molar-refractivity contribution is 5.67. The average Bonchev–Trinajstić information content (AvgIpc) is 2.78. The lowest BCUT2D eigenvalue weighted by molar-refractivity contribution is -0.137. The minimum Gasteiger partial charge on any atom is -0.481 e. The summed E-state index contributed by atoms with van der Waals surface area (Å²) in [6.45, 7) is 2.66. The van der Waals surface area contributed by atoms with Crippen LogP contribution in [0.4, 0.5) is 5.82 Å². The molecule has 6 nitrogen and oxygen atoms in total. The standard InChI is InChI=1S/C24H27N3O3/c1-3-18(15-23(28)29)20-7-6-8-21(27-20)24(30-2)19-12-10-17(11-13-19)16-26-22-9-4-5-14-25-22/h4-14,18,24H,3,15-16H2,1-2H3,(H,25,26)(H,28,29). The van der Waals surface area contributed by atoms with E-state index < -0.39 is 5.97 Å². The Balaban J connectivity index is 1.74. The van der Waals surface area contributed by atoms with E-state index in [4.69, 9.17) is 14.8 Å². The van der Waals surface area contributed by atoms with Crippen LogP contribution in [-0.2, 0) is 16.1 Å². The van der Waals surface area contributed by atoms with Gasteiger partial charge in [-0.25, -0.2) is 4.98 Å². The van der Waals surface area contributed by atoms with Crippen molar-refractivity contribution in [1.29, 1.82) is 0 Å². The molecule has 0 spiro atoms. The fourth-order valence-corrected chi connectivity index (χ4v) is 3.41. The quantitative estimate of drug-likeness (QED) is 0.504. The number of pyridine rings is 2. The Morgan fingerprint density at radius 1 is 1.07 bits per heavy atom. The van der Waals surface area contributed by atoms with Crippen molar-refractivity contribution in [2.75, 3.05) is 12.4 Å². The maximum atomic E-state index is 11.2. The van der Waals surface area contributed by atoms with E-state index >= 15 is 0 Å². The minimum absolute atomic E-state index is 0.0720. The number of carbonyl (C=O) groups is 1. The first kappa shape index (κ1) is 21.5. The van der Waals surface area contributed by atoms with Gasteiger partial charge in [-0.15, -0.1) is 0 Å². The topological polar surface area (TPSA) is 84.3 Å². The summed E-state index contributed by atoms with van der Waals surface area (Å²) in [5, 5.41) is 12.5. The number of hydrogen-bond donors (Lipinski definition) is 2. The molecule has 1 aromatic carbocycles. The van der Waals surface area contributed by atoms with Gasteiger partial charge in [-0.05, 0) is 41.8 Å².